The number of fused-ring (bicyclic) bond motifs is 1. The monoisotopic (exact) mass is 410 g/mol. The van der Waals surface area contributed by atoms with E-state index in [4.69, 9.17) is 4.74 Å². The van der Waals surface area contributed by atoms with Gasteiger partial charge in [-0.3, -0.25) is 0 Å². The third kappa shape index (κ3) is 3.71. The fraction of sp³-hybridized carbons (Fsp3) is 0. The number of aromatic amines is 1. The second kappa shape index (κ2) is 7.89. The maximum absolute atomic E-state index is 9.64. The number of hydrogen-bond acceptors (Lipinski definition) is 4. The average molecular weight is 410 g/mol. The summed E-state index contributed by atoms with van der Waals surface area (Å²) in [6.45, 7) is 0. The van der Waals surface area contributed by atoms with E-state index in [1.807, 2.05) is 60.7 Å². The summed E-state index contributed by atoms with van der Waals surface area (Å²) in [5.41, 5.74) is 3.05. The molecule has 0 bridgehead atoms. The van der Waals surface area contributed by atoms with Crippen molar-refractivity contribution in [3.8, 4) is 27.7 Å². The lowest BCUT2D eigenvalue weighted by molar-refractivity contribution is 0.475. The van der Waals surface area contributed by atoms with Gasteiger partial charge in [-0.1, -0.05) is 30.3 Å². The third-order valence-corrected chi connectivity index (χ3v) is 5.96. The Balaban J connectivity index is 1.47. The highest BCUT2D eigenvalue weighted by atomic mass is 32.1. The summed E-state index contributed by atoms with van der Waals surface area (Å²) in [5, 5.41) is 10.7. The van der Waals surface area contributed by atoms with Crippen LogP contribution in [0.4, 0.5) is 0 Å². The fourth-order valence-corrected chi connectivity index (χ4v) is 4.37. The number of hydrogen-bond donors (Lipinski definition) is 2. The standard InChI is InChI=1S/C25H18N2O2S/c28-20-11-8-18(9-12-20)25-24(22-3-1-2-4-23(22)30-25)29-21-13-6-17(7-14-21)5-10-19-15-26-16-27-19/h1-16,28H,(H,26,27)/b10-5+. The van der Waals surface area contributed by atoms with Crippen LogP contribution in [0.25, 0.3) is 32.7 Å². The molecule has 2 aromatic heterocycles. The molecule has 0 fully saturated rings. The fourth-order valence-electron chi connectivity index (χ4n) is 3.23. The van der Waals surface area contributed by atoms with E-state index >= 15 is 0 Å². The van der Waals surface area contributed by atoms with E-state index in [0.717, 1.165) is 43.3 Å². The number of benzene rings is 3. The SMILES string of the molecule is Oc1ccc(-c2sc3ccccc3c2Oc2ccc(/C=C/c3cnc[nH]3)cc2)cc1. The first kappa shape index (κ1) is 18.2. The van der Waals surface area contributed by atoms with Crippen LogP contribution in [0.3, 0.4) is 0 Å². The lowest BCUT2D eigenvalue weighted by Gasteiger charge is -2.09. The molecule has 5 heteroatoms. The molecule has 0 saturated heterocycles. The Labute approximate surface area is 177 Å². The quantitative estimate of drug-likeness (QED) is 0.329. The highest BCUT2D eigenvalue weighted by Gasteiger charge is 2.16. The Bertz CT molecular complexity index is 1300. The van der Waals surface area contributed by atoms with Crippen molar-refractivity contribution in [2.75, 3.05) is 0 Å². The normalized spacial score (nSPS) is 11.3. The van der Waals surface area contributed by atoms with Crippen LogP contribution in [0.1, 0.15) is 11.3 Å². The van der Waals surface area contributed by atoms with Crippen molar-refractivity contribution >= 4 is 33.6 Å². The van der Waals surface area contributed by atoms with Crippen LogP contribution in [0.15, 0.2) is 85.3 Å². The van der Waals surface area contributed by atoms with Crippen LogP contribution in [0, 0.1) is 0 Å². The van der Waals surface area contributed by atoms with Crippen molar-refractivity contribution in [3.63, 3.8) is 0 Å². The lowest BCUT2D eigenvalue weighted by Crippen LogP contribution is -1.86. The van der Waals surface area contributed by atoms with Gasteiger partial charge in [0.05, 0.1) is 23.1 Å². The van der Waals surface area contributed by atoms with Gasteiger partial charge in [-0.15, -0.1) is 11.3 Å². The molecule has 0 amide bonds. The van der Waals surface area contributed by atoms with E-state index in [2.05, 4.69) is 22.1 Å². The second-order valence-corrected chi connectivity index (χ2v) is 7.87. The zero-order chi connectivity index (χ0) is 20.3. The van der Waals surface area contributed by atoms with Crippen molar-refractivity contribution in [2.24, 2.45) is 0 Å². The van der Waals surface area contributed by atoms with Crippen LogP contribution in [-0.4, -0.2) is 15.1 Å². The number of H-pyrrole nitrogens is 1. The molecule has 0 aliphatic heterocycles. The van der Waals surface area contributed by atoms with Gasteiger partial charge in [0.1, 0.15) is 11.5 Å². The maximum atomic E-state index is 9.64. The van der Waals surface area contributed by atoms with Crippen molar-refractivity contribution in [2.45, 2.75) is 0 Å². The minimum atomic E-state index is 0.251. The zero-order valence-corrected chi connectivity index (χ0v) is 16.8. The minimum absolute atomic E-state index is 0.251. The van der Waals surface area contributed by atoms with E-state index < -0.39 is 0 Å². The summed E-state index contributed by atoms with van der Waals surface area (Å²) in [6, 6.07) is 23.4. The van der Waals surface area contributed by atoms with Crippen LogP contribution in [0.2, 0.25) is 0 Å². The van der Waals surface area contributed by atoms with Gasteiger partial charge < -0.3 is 14.8 Å². The summed E-state index contributed by atoms with van der Waals surface area (Å²) >= 11 is 1.68. The number of imidazole rings is 1. The molecule has 0 spiro atoms. The maximum Gasteiger partial charge on any atom is 0.153 e. The van der Waals surface area contributed by atoms with E-state index in [-0.39, 0.29) is 5.75 Å². The van der Waals surface area contributed by atoms with E-state index in [1.54, 1.807) is 36.0 Å². The van der Waals surface area contributed by atoms with Gasteiger partial charge in [-0.05, 0) is 65.7 Å². The number of nitrogens with one attached hydrogen (secondary N) is 1. The van der Waals surface area contributed by atoms with Gasteiger partial charge in [-0.25, -0.2) is 4.98 Å². The van der Waals surface area contributed by atoms with E-state index in [9.17, 15) is 5.11 Å². The molecule has 2 heterocycles. The predicted octanol–water partition coefficient (Wildman–Crippen LogP) is 6.96. The Morgan fingerprint density at radius 3 is 2.47 bits per heavy atom. The summed E-state index contributed by atoms with van der Waals surface area (Å²) in [6.07, 6.45) is 7.45. The number of nitrogens with zero attached hydrogens (tertiary/aromatic N) is 1. The summed E-state index contributed by atoms with van der Waals surface area (Å²) in [4.78, 5) is 8.11. The molecule has 4 nitrogen and oxygen atoms in total. The van der Waals surface area contributed by atoms with Gasteiger partial charge in [0, 0.05) is 10.1 Å². The van der Waals surface area contributed by atoms with Crippen molar-refractivity contribution < 1.29 is 9.84 Å². The topological polar surface area (TPSA) is 58.1 Å². The van der Waals surface area contributed by atoms with Crippen molar-refractivity contribution in [1.29, 1.82) is 0 Å². The summed E-state index contributed by atoms with van der Waals surface area (Å²) < 4.78 is 7.52. The molecule has 3 aromatic carbocycles. The van der Waals surface area contributed by atoms with Gasteiger partial charge in [-0.2, -0.15) is 0 Å². The molecule has 0 saturated carbocycles. The largest absolute Gasteiger partial charge is 0.508 e. The number of aromatic hydroxyl groups is 1. The highest BCUT2D eigenvalue weighted by molar-refractivity contribution is 7.22. The number of thiophene rings is 1. The molecule has 0 atom stereocenters. The molecule has 0 aliphatic rings. The van der Waals surface area contributed by atoms with Crippen LogP contribution >= 0.6 is 11.3 Å². The van der Waals surface area contributed by atoms with Gasteiger partial charge in [0.15, 0.2) is 5.75 Å². The molecule has 0 aliphatic carbocycles. The summed E-state index contributed by atoms with van der Waals surface area (Å²) in [5.74, 6) is 1.86. The van der Waals surface area contributed by atoms with Crippen LogP contribution < -0.4 is 4.74 Å². The number of rotatable bonds is 5. The zero-order valence-electron chi connectivity index (χ0n) is 15.9. The molecule has 2 N–H and O–H groups in total. The molecule has 30 heavy (non-hydrogen) atoms. The van der Waals surface area contributed by atoms with Gasteiger partial charge in [0.25, 0.3) is 0 Å². The molecule has 146 valence electrons. The summed E-state index contributed by atoms with van der Waals surface area (Å²) in [7, 11) is 0. The van der Waals surface area contributed by atoms with Gasteiger partial charge >= 0.3 is 0 Å². The Morgan fingerprint density at radius 1 is 0.900 bits per heavy atom. The van der Waals surface area contributed by atoms with Crippen molar-refractivity contribution in [3.05, 3.63) is 96.6 Å². The predicted molar refractivity (Wildman–Crippen MR) is 123 cm³/mol. The Morgan fingerprint density at radius 2 is 1.70 bits per heavy atom. The Hall–Kier alpha value is -3.83. The molecule has 0 unspecified atom stereocenters. The molecular weight excluding hydrogens is 392 g/mol. The minimum Gasteiger partial charge on any atom is -0.508 e. The highest BCUT2D eigenvalue weighted by Crippen LogP contribution is 2.46. The first-order valence-electron chi connectivity index (χ1n) is 9.51. The smallest absolute Gasteiger partial charge is 0.153 e. The van der Waals surface area contributed by atoms with E-state index in [1.165, 1.54) is 0 Å². The Kier molecular flexibility index (Phi) is 4.79. The molecule has 5 rings (SSSR count). The molecule has 5 aromatic rings. The van der Waals surface area contributed by atoms with Gasteiger partial charge in [0.2, 0.25) is 0 Å². The number of phenols is 1. The third-order valence-electron chi connectivity index (χ3n) is 4.75. The first-order chi connectivity index (χ1) is 14.8. The number of ether oxygens (including phenoxy) is 1. The number of aromatic nitrogens is 2. The van der Waals surface area contributed by atoms with E-state index in [0.29, 0.717) is 0 Å². The van der Waals surface area contributed by atoms with Crippen LogP contribution in [0.5, 0.6) is 17.2 Å². The molecular formula is C25H18N2O2S. The van der Waals surface area contributed by atoms with Crippen LogP contribution in [-0.2, 0) is 0 Å². The average Bonchev–Trinajstić information content (AvgIpc) is 3.42. The number of phenolic OH excluding ortho intramolecular Hbond substituents is 1. The second-order valence-electron chi connectivity index (χ2n) is 6.81. The lowest BCUT2D eigenvalue weighted by atomic mass is 10.1. The molecule has 0 radical (unpaired) electrons. The first-order valence-corrected chi connectivity index (χ1v) is 10.3. The van der Waals surface area contributed by atoms with Crippen molar-refractivity contribution in [1.82, 2.24) is 9.97 Å².